The van der Waals surface area contributed by atoms with Gasteiger partial charge in [0.15, 0.2) is 0 Å². The summed E-state index contributed by atoms with van der Waals surface area (Å²) in [6, 6.07) is 10.3. The Morgan fingerprint density at radius 2 is 1.90 bits per heavy atom. The Kier molecular flexibility index (Phi) is 6.36. The lowest BCUT2D eigenvalue weighted by Gasteiger charge is -2.12. The molecule has 1 heterocycles. The molecule has 0 radical (unpaired) electrons. The monoisotopic (exact) mass is 422 g/mol. The normalized spacial score (nSPS) is 10.3. The lowest BCUT2D eigenvalue weighted by atomic mass is 10.1. The number of nitro groups is 1. The number of carbonyl (C=O) groups excluding carboxylic acids is 3. The minimum absolute atomic E-state index is 0.0206. The van der Waals surface area contributed by atoms with Crippen molar-refractivity contribution >= 4 is 29.1 Å². The number of amides is 3. The molecule has 0 unspecified atom stereocenters. The van der Waals surface area contributed by atoms with Gasteiger partial charge in [-0.1, -0.05) is 12.1 Å². The molecule has 3 amide bonds. The van der Waals surface area contributed by atoms with Crippen LogP contribution in [0.3, 0.4) is 0 Å². The molecule has 0 aliphatic heterocycles. The number of aromatic nitrogens is 2. The van der Waals surface area contributed by atoms with Gasteiger partial charge in [0, 0.05) is 37.0 Å². The van der Waals surface area contributed by atoms with E-state index in [1.807, 2.05) is 0 Å². The van der Waals surface area contributed by atoms with Crippen molar-refractivity contribution in [2.24, 2.45) is 5.73 Å². The molecule has 31 heavy (non-hydrogen) atoms. The van der Waals surface area contributed by atoms with Crippen LogP contribution in [0.5, 0.6) is 0 Å². The van der Waals surface area contributed by atoms with Crippen molar-refractivity contribution in [1.82, 2.24) is 14.9 Å². The Morgan fingerprint density at radius 3 is 2.58 bits per heavy atom. The van der Waals surface area contributed by atoms with Gasteiger partial charge in [0.05, 0.1) is 22.5 Å². The van der Waals surface area contributed by atoms with E-state index < -0.39 is 22.6 Å². The van der Waals surface area contributed by atoms with Crippen molar-refractivity contribution in [2.75, 3.05) is 11.9 Å². The van der Waals surface area contributed by atoms with Crippen LogP contribution in [0, 0.1) is 10.1 Å². The average Bonchev–Trinajstić information content (AvgIpc) is 3.28. The molecule has 1 aromatic heterocycles. The van der Waals surface area contributed by atoms with Gasteiger partial charge in [-0.15, -0.1) is 0 Å². The van der Waals surface area contributed by atoms with Gasteiger partial charge in [-0.05, 0) is 24.3 Å². The number of imidazole rings is 1. The predicted octanol–water partition coefficient (Wildman–Crippen LogP) is 1.64. The van der Waals surface area contributed by atoms with Gasteiger partial charge in [0.2, 0.25) is 5.91 Å². The number of para-hydroxylation sites is 1. The van der Waals surface area contributed by atoms with Gasteiger partial charge < -0.3 is 20.9 Å². The van der Waals surface area contributed by atoms with Crippen molar-refractivity contribution in [3.8, 4) is 5.69 Å². The highest BCUT2D eigenvalue weighted by molar-refractivity contribution is 6.09. The second-order valence-electron chi connectivity index (χ2n) is 6.40. The third kappa shape index (κ3) is 5.09. The number of nitrogens with zero attached hydrogens (tertiary/aromatic N) is 3. The number of hydrogen-bond acceptors (Lipinski definition) is 6. The number of nitro benzene ring substituents is 1. The predicted molar refractivity (Wildman–Crippen MR) is 111 cm³/mol. The Labute approximate surface area is 176 Å². The molecule has 11 nitrogen and oxygen atoms in total. The molecule has 0 saturated carbocycles. The van der Waals surface area contributed by atoms with Crippen LogP contribution < -0.4 is 16.4 Å². The summed E-state index contributed by atoms with van der Waals surface area (Å²) in [6.07, 6.45) is 4.42. The van der Waals surface area contributed by atoms with Gasteiger partial charge in [0.1, 0.15) is 5.69 Å². The summed E-state index contributed by atoms with van der Waals surface area (Å²) in [5.74, 6) is -1.68. The van der Waals surface area contributed by atoms with E-state index in [-0.39, 0.29) is 41.2 Å². The molecule has 3 aromatic rings. The molecule has 0 fully saturated rings. The maximum Gasteiger partial charge on any atom is 0.294 e. The summed E-state index contributed by atoms with van der Waals surface area (Å²) >= 11 is 0. The van der Waals surface area contributed by atoms with Crippen LogP contribution in [0.2, 0.25) is 0 Å². The van der Waals surface area contributed by atoms with Crippen molar-refractivity contribution in [3.63, 3.8) is 0 Å². The summed E-state index contributed by atoms with van der Waals surface area (Å²) in [7, 11) is 0. The fraction of sp³-hybridized carbons (Fsp3) is 0.100. The number of hydrogen-bond donors (Lipinski definition) is 3. The molecule has 0 aliphatic rings. The fourth-order valence-corrected chi connectivity index (χ4v) is 2.81. The van der Waals surface area contributed by atoms with Gasteiger partial charge in [0.25, 0.3) is 17.5 Å². The molecule has 11 heteroatoms. The number of rotatable bonds is 8. The van der Waals surface area contributed by atoms with Crippen molar-refractivity contribution < 1.29 is 19.3 Å². The average molecular weight is 422 g/mol. The quantitative estimate of drug-likeness (QED) is 0.369. The molecule has 158 valence electrons. The SMILES string of the molecule is NC(=O)CCNC(=O)c1ccccc1NC(=O)c1ccc(-n2ccnc2)c([N+](=O)[O-])c1. The minimum atomic E-state index is -0.627. The summed E-state index contributed by atoms with van der Waals surface area (Å²) < 4.78 is 1.46. The van der Waals surface area contributed by atoms with E-state index in [4.69, 9.17) is 5.73 Å². The van der Waals surface area contributed by atoms with Crippen LogP contribution in [0.25, 0.3) is 5.69 Å². The first-order valence-electron chi connectivity index (χ1n) is 9.10. The van der Waals surface area contributed by atoms with Gasteiger partial charge in [-0.3, -0.25) is 24.5 Å². The largest absolute Gasteiger partial charge is 0.370 e. The number of nitrogens with two attached hydrogens (primary N) is 1. The van der Waals surface area contributed by atoms with Crippen LogP contribution in [-0.2, 0) is 4.79 Å². The number of carbonyl (C=O) groups is 3. The summed E-state index contributed by atoms with van der Waals surface area (Å²) in [4.78, 5) is 50.7. The van der Waals surface area contributed by atoms with E-state index in [0.29, 0.717) is 0 Å². The van der Waals surface area contributed by atoms with Crippen molar-refractivity contribution in [3.05, 3.63) is 82.4 Å². The third-order valence-electron chi connectivity index (χ3n) is 4.29. The lowest BCUT2D eigenvalue weighted by Crippen LogP contribution is -2.28. The van der Waals surface area contributed by atoms with Crippen molar-refractivity contribution in [2.45, 2.75) is 6.42 Å². The van der Waals surface area contributed by atoms with E-state index in [0.717, 1.165) is 6.07 Å². The summed E-state index contributed by atoms with van der Waals surface area (Å²) in [5.41, 5.74) is 5.46. The topological polar surface area (TPSA) is 162 Å². The number of benzene rings is 2. The van der Waals surface area contributed by atoms with Crippen LogP contribution in [0.1, 0.15) is 27.1 Å². The zero-order valence-corrected chi connectivity index (χ0v) is 16.1. The van der Waals surface area contributed by atoms with Crippen LogP contribution in [0.4, 0.5) is 11.4 Å². The third-order valence-corrected chi connectivity index (χ3v) is 4.29. The number of anilines is 1. The number of primary amides is 1. The Hall–Kier alpha value is -4.54. The van der Waals surface area contributed by atoms with Crippen LogP contribution in [-0.4, -0.2) is 38.7 Å². The molecule has 3 rings (SSSR count). The van der Waals surface area contributed by atoms with Crippen molar-refractivity contribution in [1.29, 1.82) is 0 Å². The first kappa shape index (κ1) is 21.2. The lowest BCUT2D eigenvalue weighted by molar-refractivity contribution is -0.384. The molecule has 0 spiro atoms. The maximum absolute atomic E-state index is 12.7. The molecule has 0 aliphatic carbocycles. The zero-order chi connectivity index (χ0) is 22.4. The smallest absolute Gasteiger partial charge is 0.294 e. The molecule has 0 bridgehead atoms. The van der Waals surface area contributed by atoms with E-state index in [1.165, 1.54) is 41.4 Å². The van der Waals surface area contributed by atoms with E-state index >= 15 is 0 Å². The standard InChI is InChI=1S/C20H18N6O5/c21-18(27)7-8-23-20(29)14-3-1-2-4-15(14)24-19(28)13-5-6-16(17(11-13)26(30)31)25-10-9-22-12-25/h1-6,9-12H,7-8H2,(H2,21,27)(H,23,29)(H,24,28). The Morgan fingerprint density at radius 1 is 1.13 bits per heavy atom. The molecule has 0 saturated heterocycles. The number of nitrogens with one attached hydrogen (secondary N) is 2. The Bertz CT molecular complexity index is 1140. The van der Waals surface area contributed by atoms with Gasteiger partial charge in [-0.2, -0.15) is 0 Å². The van der Waals surface area contributed by atoms with Crippen LogP contribution in [0.15, 0.2) is 61.2 Å². The molecule has 0 atom stereocenters. The second-order valence-corrected chi connectivity index (χ2v) is 6.40. The van der Waals surface area contributed by atoms with E-state index in [2.05, 4.69) is 15.6 Å². The molecule has 2 aromatic carbocycles. The molecular formula is C20H18N6O5. The Balaban J connectivity index is 1.82. The maximum atomic E-state index is 12.7. The van der Waals surface area contributed by atoms with E-state index in [1.54, 1.807) is 18.3 Å². The molecule has 4 N–H and O–H groups in total. The summed E-state index contributed by atoms with van der Waals surface area (Å²) in [6.45, 7) is 0.0539. The first-order valence-corrected chi connectivity index (χ1v) is 9.10. The second kappa shape index (κ2) is 9.31. The summed E-state index contributed by atoms with van der Waals surface area (Å²) in [5, 5.41) is 16.6. The molecular weight excluding hydrogens is 404 g/mol. The minimum Gasteiger partial charge on any atom is -0.370 e. The zero-order valence-electron chi connectivity index (χ0n) is 16.1. The van der Waals surface area contributed by atoms with Gasteiger partial charge in [-0.25, -0.2) is 4.98 Å². The first-order chi connectivity index (χ1) is 14.9. The van der Waals surface area contributed by atoms with E-state index in [9.17, 15) is 24.5 Å². The highest BCUT2D eigenvalue weighted by Gasteiger charge is 2.20. The van der Waals surface area contributed by atoms with Crippen LogP contribution >= 0.6 is 0 Å². The fourth-order valence-electron chi connectivity index (χ4n) is 2.81. The highest BCUT2D eigenvalue weighted by Crippen LogP contribution is 2.25. The highest BCUT2D eigenvalue weighted by atomic mass is 16.6. The van der Waals surface area contributed by atoms with Gasteiger partial charge >= 0.3 is 0 Å².